The van der Waals surface area contributed by atoms with Crippen molar-refractivity contribution in [1.29, 1.82) is 0 Å². The number of aliphatic hydroxyl groups is 1. The summed E-state index contributed by atoms with van der Waals surface area (Å²) in [6.07, 6.45) is 5.61. The summed E-state index contributed by atoms with van der Waals surface area (Å²) in [5.41, 5.74) is 0.0406. The zero-order chi connectivity index (χ0) is 14.6. The normalized spacial score (nSPS) is 18.4. The van der Waals surface area contributed by atoms with E-state index in [1.165, 1.54) is 12.1 Å². The lowest BCUT2D eigenvalue weighted by Gasteiger charge is -2.26. The van der Waals surface area contributed by atoms with E-state index in [1.807, 2.05) is 6.92 Å². The fourth-order valence-electron chi connectivity index (χ4n) is 2.72. The maximum absolute atomic E-state index is 13.6. The molecule has 0 radical (unpaired) electrons. The van der Waals surface area contributed by atoms with Gasteiger partial charge in [0.15, 0.2) is 0 Å². The molecule has 4 heteroatoms. The van der Waals surface area contributed by atoms with Crippen LogP contribution in [0.4, 0.5) is 4.39 Å². The third-order valence-electron chi connectivity index (χ3n) is 3.98. The number of nitrogens with one attached hydrogen (secondary N) is 1. The Labute approximate surface area is 119 Å². The molecule has 110 valence electrons. The molecular formula is C16H22FNO2. The third kappa shape index (κ3) is 3.79. The average Bonchev–Trinajstić information content (AvgIpc) is 2.64. The van der Waals surface area contributed by atoms with Gasteiger partial charge < -0.3 is 10.4 Å². The predicted molar refractivity (Wildman–Crippen MR) is 76.1 cm³/mol. The van der Waals surface area contributed by atoms with Gasteiger partial charge in [0.05, 0.1) is 11.2 Å². The molecule has 0 aliphatic heterocycles. The largest absolute Gasteiger partial charge is 0.388 e. The molecule has 1 amide bonds. The summed E-state index contributed by atoms with van der Waals surface area (Å²) in [5, 5.41) is 13.1. The molecule has 1 aliphatic rings. The minimum absolute atomic E-state index is 0.0437. The molecule has 1 aromatic rings. The number of halogens is 1. The van der Waals surface area contributed by atoms with Crippen LogP contribution in [0, 0.1) is 12.7 Å². The number of hydrogen-bond acceptors (Lipinski definition) is 2. The summed E-state index contributed by atoms with van der Waals surface area (Å²) < 4.78 is 13.6. The van der Waals surface area contributed by atoms with E-state index in [-0.39, 0.29) is 12.1 Å². The highest BCUT2D eigenvalue weighted by Gasteiger charge is 2.28. The fraction of sp³-hybridized carbons (Fsp3) is 0.562. The van der Waals surface area contributed by atoms with Gasteiger partial charge in [-0.15, -0.1) is 0 Å². The van der Waals surface area contributed by atoms with Crippen LogP contribution in [-0.4, -0.2) is 23.2 Å². The third-order valence-corrected chi connectivity index (χ3v) is 3.98. The topological polar surface area (TPSA) is 49.3 Å². The van der Waals surface area contributed by atoms with E-state index in [9.17, 15) is 14.3 Å². The second kappa shape index (κ2) is 6.35. The van der Waals surface area contributed by atoms with Crippen LogP contribution < -0.4 is 5.32 Å². The predicted octanol–water partition coefficient (Wildman–Crippen LogP) is 2.95. The van der Waals surface area contributed by atoms with E-state index in [0.717, 1.165) is 31.2 Å². The Kier molecular flexibility index (Phi) is 4.76. The van der Waals surface area contributed by atoms with Gasteiger partial charge in [-0.3, -0.25) is 4.79 Å². The molecule has 0 saturated heterocycles. The quantitative estimate of drug-likeness (QED) is 0.836. The van der Waals surface area contributed by atoms with E-state index >= 15 is 0 Å². The van der Waals surface area contributed by atoms with Crippen molar-refractivity contribution in [3.8, 4) is 0 Å². The summed E-state index contributed by atoms with van der Waals surface area (Å²) in [6.45, 7) is 2.01. The lowest BCUT2D eigenvalue weighted by atomic mass is 9.94. The van der Waals surface area contributed by atoms with E-state index in [0.29, 0.717) is 12.8 Å². The first kappa shape index (κ1) is 15.0. The van der Waals surface area contributed by atoms with Crippen LogP contribution in [0.5, 0.6) is 0 Å². The Morgan fingerprint density at radius 3 is 2.60 bits per heavy atom. The summed E-state index contributed by atoms with van der Waals surface area (Å²) in [6, 6.07) is 4.46. The maximum atomic E-state index is 13.6. The van der Waals surface area contributed by atoms with Gasteiger partial charge in [-0.25, -0.2) is 4.39 Å². The molecule has 1 fully saturated rings. The molecule has 0 heterocycles. The van der Waals surface area contributed by atoms with Crippen LogP contribution in [0.1, 0.15) is 54.4 Å². The van der Waals surface area contributed by atoms with E-state index in [2.05, 4.69) is 5.32 Å². The summed E-state index contributed by atoms with van der Waals surface area (Å²) in [5.74, 6) is -0.982. The number of rotatable bonds is 3. The van der Waals surface area contributed by atoms with Crippen molar-refractivity contribution < 1.29 is 14.3 Å². The number of benzene rings is 1. The molecule has 0 spiro atoms. The monoisotopic (exact) mass is 279 g/mol. The Hall–Kier alpha value is -1.42. The minimum atomic E-state index is -0.841. The standard InChI is InChI=1S/C16H22FNO2/c1-12-6-7-14(17)13(10-12)15(19)18-11-16(20)8-4-2-3-5-9-16/h6-7,10,20H,2-5,8-9,11H2,1H3,(H,18,19). The van der Waals surface area contributed by atoms with Crippen LogP contribution >= 0.6 is 0 Å². The molecule has 0 atom stereocenters. The molecule has 0 unspecified atom stereocenters. The number of hydrogen-bond donors (Lipinski definition) is 2. The van der Waals surface area contributed by atoms with Gasteiger partial charge in [-0.05, 0) is 31.9 Å². The Balaban J connectivity index is 1.99. The first-order valence-electron chi connectivity index (χ1n) is 7.27. The van der Waals surface area contributed by atoms with E-state index in [4.69, 9.17) is 0 Å². The fourth-order valence-corrected chi connectivity index (χ4v) is 2.72. The van der Waals surface area contributed by atoms with Gasteiger partial charge in [0.1, 0.15) is 5.82 Å². The molecule has 20 heavy (non-hydrogen) atoms. The minimum Gasteiger partial charge on any atom is -0.388 e. The van der Waals surface area contributed by atoms with Gasteiger partial charge in [-0.2, -0.15) is 0 Å². The molecule has 0 bridgehead atoms. The summed E-state index contributed by atoms with van der Waals surface area (Å²) in [4.78, 5) is 12.0. The molecule has 1 saturated carbocycles. The molecule has 3 nitrogen and oxygen atoms in total. The highest BCUT2D eigenvalue weighted by Crippen LogP contribution is 2.26. The van der Waals surface area contributed by atoms with Crippen LogP contribution in [0.15, 0.2) is 18.2 Å². The number of amides is 1. The average molecular weight is 279 g/mol. The zero-order valence-corrected chi connectivity index (χ0v) is 11.9. The Morgan fingerprint density at radius 1 is 1.30 bits per heavy atom. The van der Waals surface area contributed by atoms with Gasteiger partial charge in [-0.1, -0.05) is 37.3 Å². The van der Waals surface area contributed by atoms with Crippen molar-refractivity contribution in [2.45, 2.75) is 51.0 Å². The van der Waals surface area contributed by atoms with Crippen molar-refractivity contribution in [1.82, 2.24) is 5.32 Å². The summed E-state index contributed by atoms with van der Waals surface area (Å²) >= 11 is 0. The smallest absolute Gasteiger partial charge is 0.254 e. The lowest BCUT2D eigenvalue weighted by molar-refractivity contribution is 0.0246. The lowest BCUT2D eigenvalue weighted by Crippen LogP contribution is -2.42. The number of carbonyl (C=O) groups is 1. The number of carbonyl (C=O) groups excluding carboxylic acids is 1. The SMILES string of the molecule is Cc1ccc(F)c(C(=O)NCC2(O)CCCCCC2)c1. The van der Waals surface area contributed by atoms with Gasteiger partial charge in [0.25, 0.3) is 5.91 Å². The molecule has 2 N–H and O–H groups in total. The maximum Gasteiger partial charge on any atom is 0.254 e. The Morgan fingerprint density at radius 2 is 1.95 bits per heavy atom. The van der Waals surface area contributed by atoms with Gasteiger partial charge >= 0.3 is 0 Å². The number of aryl methyl sites for hydroxylation is 1. The van der Waals surface area contributed by atoms with Crippen LogP contribution in [0.25, 0.3) is 0 Å². The van der Waals surface area contributed by atoms with Crippen molar-refractivity contribution in [3.63, 3.8) is 0 Å². The zero-order valence-electron chi connectivity index (χ0n) is 11.9. The first-order chi connectivity index (χ1) is 9.50. The second-order valence-corrected chi connectivity index (χ2v) is 5.80. The van der Waals surface area contributed by atoms with E-state index in [1.54, 1.807) is 6.07 Å². The van der Waals surface area contributed by atoms with Crippen LogP contribution in [0.2, 0.25) is 0 Å². The van der Waals surface area contributed by atoms with E-state index < -0.39 is 17.3 Å². The molecule has 1 aliphatic carbocycles. The second-order valence-electron chi connectivity index (χ2n) is 5.80. The van der Waals surface area contributed by atoms with Gasteiger partial charge in [0, 0.05) is 6.54 Å². The molecule has 0 aromatic heterocycles. The highest BCUT2D eigenvalue weighted by molar-refractivity contribution is 5.94. The summed E-state index contributed by atoms with van der Waals surface area (Å²) in [7, 11) is 0. The van der Waals surface area contributed by atoms with Crippen molar-refractivity contribution in [2.75, 3.05) is 6.54 Å². The van der Waals surface area contributed by atoms with Crippen molar-refractivity contribution >= 4 is 5.91 Å². The van der Waals surface area contributed by atoms with Crippen LogP contribution in [0.3, 0.4) is 0 Å². The molecule has 2 rings (SSSR count). The first-order valence-corrected chi connectivity index (χ1v) is 7.27. The van der Waals surface area contributed by atoms with Crippen molar-refractivity contribution in [3.05, 3.63) is 35.1 Å². The van der Waals surface area contributed by atoms with Gasteiger partial charge in [0.2, 0.25) is 0 Å². The van der Waals surface area contributed by atoms with Crippen LogP contribution in [-0.2, 0) is 0 Å². The molecule has 1 aromatic carbocycles. The van der Waals surface area contributed by atoms with Crippen molar-refractivity contribution in [2.24, 2.45) is 0 Å². The Bertz CT molecular complexity index is 479. The highest BCUT2D eigenvalue weighted by atomic mass is 19.1. The molecular weight excluding hydrogens is 257 g/mol.